The van der Waals surface area contributed by atoms with Crippen molar-refractivity contribution in [2.24, 2.45) is 0 Å². The van der Waals surface area contributed by atoms with Gasteiger partial charge in [-0.3, -0.25) is 10.0 Å². The third kappa shape index (κ3) is 3.88. The molecule has 8 nitrogen and oxygen atoms in total. The van der Waals surface area contributed by atoms with Crippen molar-refractivity contribution >= 4 is 15.9 Å². The van der Waals surface area contributed by atoms with E-state index in [0.717, 1.165) is 0 Å². The van der Waals surface area contributed by atoms with Crippen LogP contribution in [-0.2, 0) is 14.8 Å². The quantitative estimate of drug-likeness (QED) is 0.423. The largest absolute Gasteiger partial charge is 0.377 e. The Bertz CT molecular complexity index is 792. The summed E-state index contributed by atoms with van der Waals surface area (Å²) in [5.41, 5.74) is 1.60. The minimum atomic E-state index is -3.89. The van der Waals surface area contributed by atoms with Gasteiger partial charge in [0.25, 0.3) is 5.91 Å². The number of benzene rings is 1. The number of sulfonamides is 1. The number of rotatable bonds is 4. The Labute approximate surface area is 159 Å². The smallest absolute Gasteiger partial charge is 0.278 e. The molecular weight excluding hydrogens is 370 g/mol. The van der Waals surface area contributed by atoms with Crippen LogP contribution >= 0.6 is 0 Å². The molecule has 2 aliphatic rings. The van der Waals surface area contributed by atoms with Gasteiger partial charge in [-0.2, -0.15) is 0 Å². The highest BCUT2D eigenvalue weighted by molar-refractivity contribution is 7.89. The summed E-state index contributed by atoms with van der Waals surface area (Å²) in [4.78, 5) is 12.0. The normalized spacial score (nSPS) is 28.0. The van der Waals surface area contributed by atoms with Crippen LogP contribution in [0.1, 0.15) is 36.3 Å². The molecule has 2 fully saturated rings. The van der Waals surface area contributed by atoms with E-state index in [-0.39, 0.29) is 13.0 Å². The summed E-state index contributed by atoms with van der Waals surface area (Å²) >= 11 is 0. The van der Waals surface area contributed by atoms with E-state index in [1.54, 1.807) is 0 Å². The number of hydrogen-bond acceptors (Lipinski definition) is 6. The molecule has 3 rings (SSSR count). The van der Waals surface area contributed by atoms with E-state index in [1.165, 1.54) is 20.9 Å². The lowest BCUT2D eigenvalue weighted by molar-refractivity contribution is -0.150. The summed E-state index contributed by atoms with van der Waals surface area (Å²) in [5, 5.41) is 21.2. The second kappa shape index (κ2) is 7.84. The molecule has 1 aromatic rings. The van der Waals surface area contributed by atoms with Crippen LogP contribution in [0, 0.1) is 6.92 Å². The van der Waals surface area contributed by atoms with Crippen molar-refractivity contribution in [2.45, 2.75) is 43.0 Å². The number of aryl methyl sites for hydroxylation is 1. The van der Waals surface area contributed by atoms with E-state index in [1.807, 2.05) is 19.1 Å². The van der Waals surface area contributed by atoms with Gasteiger partial charge in [-0.15, -0.1) is 0 Å². The number of hydroxylamine groups is 1. The lowest BCUT2D eigenvalue weighted by Crippen LogP contribution is -2.67. The lowest BCUT2D eigenvalue weighted by Gasteiger charge is -2.41. The van der Waals surface area contributed by atoms with Gasteiger partial charge in [-0.1, -0.05) is 29.8 Å². The Kier molecular flexibility index (Phi) is 5.87. The Morgan fingerprint density at radius 3 is 2.63 bits per heavy atom. The molecule has 2 aliphatic heterocycles. The molecule has 0 spiro atoms. The van der Waals surface area contributed by atoms with E-state index >= 15 is 0 Å². The van der Waals surface area contributed by atoms with Gasteiger partial charge in [0.2, 0.25) is 10.0 Å². The number of β-amino-alcohol motifs (C(OH)–C–C–N with tert-alkyl or cyclic N) is 1. The van der Waals surface area contributed by atoms with E-state index in [9.17, 15) is 18.3 Å². The maximum atomic E-state index is 13.2. The van der Waals surface area contributed by atoms with Crippen LogP contribution in [0.15, 0.2) is 24.3 Å². The van der Waals surface area contributed by atoms with Crippen LogP contribution in [0.2, 0.25) is 0 Å². The van der Waals surface area contributed by atoms with E-state index in [0.29, 0.717) is 38.4 Å². The van der Waals surface area contributed by atoms with E-state index in [2.05, 4.69) is 17.4 Å². The highest BCUT2D eigenvalue weighted by Crippen LogP contribution is 2.33. The molecule has 0 radical (unpaired) electrons. The Hall–Kier alpha value is -1.52. The first-order valence-corrected chi connectivity index (χ1v) is 10.7. The number of hydrogen-bond donors (Lipinski definition) is 4. The number of aliphatic hydroxyl groups is 1. The Balaban J connectivity index is 1.75. The summed E-state index contributed by atoms with van der Waals surface area (Å²) < 4.78 is 27.7. The third-order valence-corrected chi connectivity index (χ3v) is 8.12. The molecule has 0 saturated carbocycles. The second-order valence-corrected chi connectivity index (χ2v) is 9.57. The fraction of sp³-hybridized carbons (Fsp3) is 0.611. The SMILES string of the molecule is Cc1cccc(C2CCN(S(=O)(=O)C3CCNCC3(O)C(=O)NO)CC2)c1. The van der Waals surface area contributed by atoms with Crippen molar-refractivity contribution < 1.29 is 23.5 Å². The molecule has 27 heavy (non-hydrogen) atoms. The molecule has 2 heterocycles. The summed E-state index contributed by atoms with van der Waals surface area (Å²) in [6.07, 6.45) is 1.49. The van der Waals surface area contributed by atoms with Gasteiger partial charge in [-0.25, -0.2) is 18.2 Å². The molecule has 2 atom stereocenters. The summed E-state index contributed by atoms with van der Waals surface area (Å²) in [7, 11) is -3.89. The lowest BCUT2D eigenvalue weighted by atomic mass is 9.89. The van der Waals surface area contributed by atoms with Crippen LogP contribution < -0.4 is 10.8 Å². The molecule has 9 heteroatoms. The fourth-order valence-electron chi connectivity index (χ4n) is 4.13. The number of amides is 1. The molecule has 2 unspecified atom stereocenters. The summed E-state index contributed by atoms with van der Waals surface area (Å²) in [5.74, 6) is -0.804. The predicted molar refractivity (Wildman–Crippen MR) is 99.8 cm³/mol. The minimum Gasteiger partial charge on any atom is -0.377 e. The maximum Gasteiger partial charge on any atom is 0.278 e. The molecule has 4 N–H and O–H groups in total. The average Bonchev–Trinajstić information content (AvgIpc) is 2.67. The number of nitrogens with zero attached hydrogens (tertiary/aromatic N) is 1. The minimum absolute atomic E-state index is 0.101. The first-order chi connectivity index (χ1) is 12.8. The van der Waals surface area contributed by atoms with Gasteiger partial charge in [0.05, 0.1) is 0 Å². The molecular formula is C18H27N3O5S. The molecule has 1 aromatic carbocycles. The fourth-order valence-corrected chi connectivity index (χ4v) is 6.31. The predicted octanol–water partition coefficient (Wildman–Crippen LogP) is 0.103. The van der Waals surface area contributed by atoms with Gasteiger partial charge in [0.15, 0.2) is 5.60 Å². The summed E-state index contributed by atoms with van der Waals surface area (Å²) in [6.45, 7) is 2.89. The van der Waals surface area contributed by atoms with Gasteiger partial charge >= 0.3 is 0 Å². The van der Waals surface area contributed by atoms with Crippen LogP contribution in [0.25, 0.3) is 0 Å². The molecule has 0 bridgehead atoms. The Morgan fingerprint density at radius 2 is 2.00 bits per heavy atom. The zero-order valence-electron chi connectivity index (χ0n) is 15.4. The number of carbonyl (C=O) groups excluding carboxylic acids is 1. The highest BCUT2D eigenvalue weighted by atomic mass is 32.2. The van der Waals surface area contributed by atoms with E-state index in [4.69, 9.17) is 5.21 Å². The van der Waals surface area contributed by atoms with Gasteiger partial charge in [0.1, 0.15) is 5.25 Å². The van der Waals surface area contributed by atoms with Crippen LogP contribution in [0.5, 0.6) is 0 Å². The van der Waals surface area contributed by atoms with Crippen molar-refractivity contribution in [1.82, 2.24) is 15.1 Å². The second-order valence-electron chi connectivity index (χ2n) is 7.45. The third-order valence-electron chi connectivity index (χ3n) is 5.69. The standard InChI is InChI=1S/C18H27N3O5S/c1-13-3-2-4-15(11-13)14-6-9-21(10-7-14)27(25,26)16-5-8-19-12-18(16,23)17(22)20-24/h2-4,11,14,16,19,23-24H,5-10,12H2,1H3,(H,20,22). The van der Waals surface area contributed by atoms with Crippen molar-refractivity contribution in [2.75, 3.05) is 26.2 Å². The Morgan fingerprint density at radius 1 is 1.30 bits per heavy atom. The highest BCUT2D eigenvalue weighted by Gasteiger charge is 2.53. The van der Waals surface area contributed by atoms with Crippen molar-refractivity contribution in [3.63, 3.8) is 0 Å². The van der Waals surface area contributed by atoms with Crippen LogP contribution in [0.4, 0.5) is 0 Å². The average molecular weight is 397 g/mol. The maximum absolute atomic E-state index is 13.2. The first kappa shape index (κ1) is 20.2. The van der Waals surface area contributed by atoms with Gasteiger partial charge in [0, 0.05) is 19.6 Å². The topological polar surface area (TPSA) is 119 Å². The van der Waals surface area contributed by atoms with E-state index < -0.39 is 26.8 Å². The molecule has 2 saturated heterocycles. The van der Waals surface area contributed by atoms with Gasteiger partial charge < -0.3 is 10.4 Å². The number of piperidine rings is 2. The molecule has 0 aliphatic carbocycles. The molecule has 1 amide bonds. The zero-order valence-corrected chi connectivity index (χ0v) is 16.2. The summed E-state index contributed by atoms with van der Waals surface area (Å²) in [6, 6.07) is 8.24. The van der Waals surface area contributed by atoms with Crippen LogP contribution in [-0.4, -0.2) is 66.0 Å². The molecule has 150 valence electrons. The van der Waals surface area contributed by atoms with Crippen molar-refractivity contribution in [3.05, 3.63) is 35.4 Å². The van der Waals surface area contributed by atoms with Crippen molar-refractivity contribution in [3.8, 4) is 0 Å². The zero-order chi connectivity index (χ0) is 19.7. The number of nitrogens with one attached hydrogen (secondary N) is 2. The monoisotopic (exact) mass is 397 g/mol. The van der Waals surface area contributed by atoms with Crippen molar-refractivity contribution in [1.29, 1.82) is 0 Å². The molecule has 0 aromatic heterocycles. The van der Waals surface area contributed by atoms with Crippen LogP contribution in [0.3, 0.4) is 0 Å². The number of carbonyl (C=O) groups is 1. The first-order valence-electron chi connectivity index (χ1n) is 9.22. The van der Waals surface area contributed by atoms with Gasteiger partial charge in [-0.05, 0) is 44.2 Å².